The van der Waals surface area contributed by atoms with Crippen molar-refractivity contribution in [3.8, 4) is 0 Å². The maximum atomic E-state index is 14.1. The van der Waals surface area contributed by atoms with Gasteiger partial charge in [-0.2, -0.15) is 0 Å². The van der Waals surface area contributed by atoms with E-state index in [9.17, 15) is 9.59 Å². The minimum atomic E-state index is -1.22. The average Bonchev–Trinajstić information content (AvgIpc) is 2.96. The minimum Gasteiger partial charge on any atom is -0.350 e. The summed E-state index contributed by atoms with van der Waals surface area (Å²) in [5.74, 6) is 0.168. The smallest absolute Gasteiger partial charge is 0.279 e. The predicted molar refractivity (Wildman–Crippen MR) is 112 cm³/mol. The zero-order valence-corrected chi connectivity index (χ0v) is 16.6. The molecule has 5 heteroatoms. The van der Waals surface area contributed by atoms with Crippen LogP contribution in [-0.2, 0) is 10.5 Å². The molecular formula is C24H25N3O2. The van der Waals surface area contributed by atoms with Gasteiger partial charge in [0.15, 0.2) is 0 Å². The Kier molecular flexibility index (Phi) is 3.31. The quantitative estimate of drug-likeness (QED) is 0.710. The minimum absolute atomic E-state index is 0.0309. The highest BCUT2D eigenvalue weighted by Gasteiger charge is 2.61. The highest BCUT2D eigenvalue weighted by Crippen LogP contribution is 2.57. The van der Waals surface area contributed by atoms with Crippen LogP contribution in [0.25, 0.3) is 0 Å². The van der Waals surface area contributed by atoms with Gasteiger partial charge in [0.05, 0.1) is 11.3 Å². The molecule has 2 N–H and O–H groups in total. The molecule has 4 aliphatic rings. The van der Waals surface area contributed by atoms with Gasteiger partial charge in [0, 0.05) is 16.8 Å². The van der Waals surface area contributed by atoms with Crippen LogP contribution in [0.4, 0.5) is 11.4 Å². The number of carbonyl (C=O) groups is 2. The third-order valence-corrected chi connectivity index (χ3v) is 7.49. The van der Waals surface area contributed by atoms with Crippen LogP contribution in [0.2, 0.25) is 0 Å². The maximum Gasteiger partial charge on any atom is 0.279 e. The molecule has 0 saturated heterocycles. The fourth-order valence-corrected chi connectivity index (χ4v) is 6.26. The fraction of sp³-hybridized carbons (Fsp3) is 0.417. The summed E-state index contributed by atoms with van der Waals surface area (Å²) in [5.41, 5.74) is 3.09. The van der Waals surface area contributed by atoms with Gasteiger partial charge in [-0.25, -0.2) is 0 Å². The average molecular weight is 387 g/mol. The molecule has 2 atom stereocenters. The second-order valence-corrected chi connectivity index (χ2v) is 9.15. The third kappa shape index (κ3) is 2.05. The lowest BCUT2D eigenvalue weighted by Crippen LogP contribution is -2.64. The van der Waals surface area contributed by atoms with E-state index in [0.717, 1.165) is 43.4 Å². The lowest BCUT2D eigenvalue weighted by atomic mass is 9.70. The number of amides is 2. The molecule has 148 valence electrons. The maximum absolute atomic E-state index is 14.1. The molecule has 2 aromatic carbocycles. The van der Waals surface area contributed by atoms with Gasteiger partial charge in [-0.15, -0.1) is 0 Å². The van der Waals surface area contributed by atoms with Crippen LogP contribution in [-0.4, -0.2) is 17.4 Å². The first-order valence-corrected chi connectivity index (χ1v) is 10.7. The second-order valence-electron chi connectivity index (χ2n) is 9.15. The summed E-state index contributed by atoms with van der Waals surface area (Å²) in [6.45, 7) is 2.28. The first kappa shape index (κ1) is 17.1. The Labute approximate surface area is 170 Å². The molecule has 5 nitrogen and oxygen atoms in total. The first-order valence-electron chi connectivity index (χ1n) is 10.7. The number of hydrogen-bond acceptors (Lipinski definition) is 3. The van der Waals surface area contributed by atoms with Gasteiger partial charge >= 0.3 is 0 Å². The van der Waals surface area contributed by atoms with E-state index in [1.807, 2.05) is 30.3 Å². The van der Waals surface area contributed by atoms with E-state index in [-0.39, 0.29) is 17.4 Å². The summed E-state index contributed by atoms with van der Waals surface area (Å²) < 4.78 is 0. The van der Waals surface area contributed by atoms with Crippen molar-refractivity contribution < 1.29 is 9.59 Å². The molecule has 29 heavy (non-hydrogen) atoms. The Balaban J connectivity index is 1.58. The summed E-state index contributed by atoms with van der Waals surface area (Å²) in [7, 11) is 0. The number of anilines is 2. The lowest BCUT2D eigenvalue weighted by molar-refractivity contribution is -0.124. The second kappa shape index (κ2) is 5.62. The third-order valence-electron chi connectivity index (χ3n) is 7.49. The molecule has 6 rings (SSSR count). The molecule has 2 amide bonds. The van der Waals surface area contributed by atoms with Gasteiger partial charge in [-0.1, -0.05) is 56.5 Å². The SMILES string of the molecule is C[C@H]1CC2(CCCCC2)N2C(=O)[C@@]3(NC(=O)c4ccccc4N3)c3cccc1c32. The van der Waals surface area contributed by atoms with Crippen molar-refractivity contribution in [1.82, 2.24) is 5.32 Å². The molecule has 0 bridgehead atoms. The van der Waals surface area contributed by atoms with E-state index in [1.165, 1.54) is 12.0 Å². The van der Waals surface area contributed by atoms with Gasteiger partial charge in [0.2, 0.25) is 5.66 Å². The largest absolute Gasteiger partial charge is 0.350 e. The number of para-hydroxylation sites is 2. The van der Waals surface area contributed by atoms with E-state index in [2.05, 4.69) is 28.5 Å². The standard InChI is InChI=1S/C24H25N3O2/c1-15-14-23(12-5-2-6-13-23)27-20-16(15)9-7-10-18(20)24(22(27)29)25-19-11-4-3-8-17(19)21(28)26-24/h3-4,7-11,15,25H,2,5-6,12-14H2,1H3,(H,26,28)/t15-,24-/m0/s1. The molecule has 2 aromatic rings. The number of benzene rings is 2. The molecule has 2 spiro atoms. The zero-order chi connectivity index (χ0) is 19.8. The number of rotatable bonds is 0. The Morgan fingerprint density at radius 3 is 2.59 bits per heavy atom. The molecule has 3 heterocycles. The summed E-state index contributed by atoms with van der Waals surface area (Å²) >= 11 is 0. The number of hydrogen-bond donors (Lipinski definition) is 2. The monoisotopic (exact) mass is 387 g/mol. The molecular weight excluding hydrogens is 362 g/mol. The Hall–Kier alpha value is -2.82. The fourth-order valence-electron chi connectivity index (χ4n) is 6.26. The molecule has 0 aromatic heterocycles. The number of carbonyl (C=O) groups excluding carboxylic acids is 2. The van der Waals surface area contributed by atoms with E-state index in [1.54, 1.807) is 6.07 Å². The molecule has 0 unspecified atom stereocenters. The zero-order valence-electron chi connectivity index (χ0n) is 16.6. The molecule has 1 fully saturated rings. The molecule has 3 aliphatic heterocycles. The van der Waals surface area contributed by atoms with Crippen LogP contribution in [0.3, 0.4) is 0 Å². The van der Waals surface area contributed by atoms with Crippen molar-refractivity contribution in [3.05, 3.63) is 59.2 Å². The summed E-state index contributed by atoms with van der Waals surface area (Å²) in [6, 6.07) is 13.6. The molecule has 0 radical (unpaired) electrons. The summed E-state index contributed by atoms with van der Waals surface area (Å²) in [6.07, 6.45) is 6.62. The van der Waals surface area contributed by atoms with Crippen LogP contribution >= 0.6 is 0 Å². The summed E-state index contributed by atoms with van der Waals surface area (Å²) in [4.78, 5) is 29.2. The van der Waals surface area contributed by atoms with Crippen molar-refractivity contribution in [2.24, 2.45) is 0 Å². The van der Waals surface area contributed by atoms with Gasteiger partial charge in [0.1, 0.15) is 0 Å². The highest BCUT2D eigenvalue weighted by molar-refractivity contribution is 6.16. The van der Waals surface area contributed by atoms with E-state index in [4.69, 9.17) is 0 Å². The van der Waals surface area contributed by atoms with E-state index < -0.39 is 5.66 Å². The Morgan fingerprint density at radius 1 is 0.966 bits per heavy atom. The molecule has 1 saturated carbocycles. The lowest BCUT2D eigenvalue weighted by Gasteiger charge is -2.50. The normalized spacial score (nSPS) is 28.7. The molecule has 1 aliphatic carbocycles. The van der Waals surface area contributed by atoms with Crippen molar-refractivity contribution in [3.63, 3.8) is 0 Å². The van der Waals surface area contributed by atoms with Crippen LogP contribution < -0.4 is 15.5 Å². The van der Waals surface area contributed by atoms with Crippen LogP contribution in [0, 0.1) is 0 Å². The summed E-state index contributed by atoms with van der Waals surface area (Å²) in [5, 5.41) is 6.51. The van der Waals surface area contributed by atoms with Gasteiger partial charge in [0.25, 0.3) is 11.8 Å². The van der Waals surface area contributed by atoms with Crippen molar-refractivity contribution >= 4 is 23.2 Å². The Morgan fingerprint density at radius 2 is 1.76 bits per heavy atom. The number of fused-ring (bicyclic) bond motifs is 3. The van der Waals surface area contributed by atoms with E-state index in [0.29, 0.717) is 17.2 Å². The van der Waals surface area contributed by atoms with Gasteiger partial charge in [-0.05, 0) is 42.9 Å². The van der Waals surface area contributed by atoms with Crippen LogP contribution in [0.1, 0.15) is 72.9 Å². The number of nitrogens with one attached hydrogen (secondary N) is 2. The Bertz CT molecular complexity index is 1060. The van der Waals surface area contributed by atoms with Gasteiger partial charge < -0.3 is 15.5 Å². The van der Waals surface area contributed by atoms with Gasteiger partial charge in [-0.3, -0.25) is 9.59 Å². The van der Waals surface area contributed by atoms with E-state index >= 15 is 0 Å². The number of nitrogens with zero attached hydrogens (tertiary/aromatic N) is 1. The highest BCUT2D eigenvalue weighted by atomic mass is 16.2. The van der Waals surface area contributed by atoms with Crippen LogP contribution in [0.15, 0.2) is 42.5 Å². The van der Waals surface area contributed by atoms with Crippen LogP contribution in [0.5, 0.6) is 0 Å². The van der Waals surface area contributed by atoms with Crippen molar-refractivity contribution in [2.45, 2.75) is 62.6 Å². The van der Waals surface area contributed by atoms with Crippen molar-refractivity contribution in [2.75, 3.05) is 10.2 Å². The predicted octanol–water partition coefficient (Wildman–Crippen LogP) is 4.25. The van der Waals surface area contributed by atoms with Crippen molar-refractivity contribution in [1.29, 1.82) is 0 Å². The topological polar surface area (TPSA) is 61.4 Å². The first-order chi connectivity index (χ1) is 14.1.